The number of benzene rings is 2. The maximum atomic E-state index is 12.8. The highest BCUT2D eigenvalue weighted by molar-refractivity contribution is 5.94. The number of carbonyl (C=O) groups is 1. The number of halogens is 3. The molecular formula is C21H22F3N3O4. The highest BCUT2D eigenvalue weighted by atomic mass is 19.4. The minimum Gasteiger partial charge on any atom is -0.496 e. The lowest BCUT2D eigenvalue weighted by Crippen LogP contribution is -2.39. The number of hydrogen-bond donors (Lipinski definition) is 1. The second kappa shape index (κ2) is 9.34. The number of nitrogens with zero attached hydrogens (tertiary/aromatic N) is 2. The average Bonchev–Trinajstić information content (AvgIpc) is 2.73. The van der Waals surface area contributed by atoms with Gasteiger partial charge in [-0.3, -0.25) is 19.8 Å². The van der Waals surface area contributed by atoms with Crippen LogP contribution in [-0.2, 0) is 11.0 Å². The summed E-state index contributed by atoms with van der Waals surface area (Å²) in [5, 5.41) is 13.9. The zero-order valence-corrected chi connectivity index (χ0v) is 16.8. The lowest BCUT2D eigenvalue weighted by molar-refractivity contribution is -0.384. The van der Waals surface area contributed by atoms with Crippen LogP contribution in [0.2, 0.25) is 0 Å². The number of nitro benzene ring substituents is 1. The lowest BCUT2D eigenvalue weighted by Gasteiger charge is -2.35. The first kappa shape index (κ1) is 22.5. The number of rotatable bonds is 6. The molecule has 0 bridgehead atoms. The van der Waals surface area contributed by atoms with E-state index in [1.807, 2.05) is 4.90 Å². The molecule has 0 aliphatic carbocycles. The van der Waals surface area contributed by atoms with Crippen molar-refractivity contribution in [2.75, 3.05) is 25.5 Å². The Bertz CT molecular complexity index is 948. The van der Waals surface area contributed by atoms with Gasteiger partial charge in [0.25, 0.3) is 5.69 Å². The average molecular weight is 437 g/mol. The largest absolute Gasteiger partial charge is 0.496 e. The van der Waals surface area contributed by atoms with Gasteiger partial charge < -0.3 is 10.1 Å². The van der Waals surface area contributed by atoms with E-state index in [-0.39, 0.29) is 24.0 Å². The molecule has 3 rings (SSSR count). The zero-order chi connectivity index (χ0) is 22.6. The van der Waals surface area contributed by atoms with Crippen molar-refractivity contribution in [2.24, 2.45) is 0 Å². The second-order valence-electron chi connectivity index (χ2n) is 7.29. The molecule has 2 aromatic rings. The van der Waals surface area contributed by atoms with E-state index >= 15 is 0 Å². The van der Waals surface area contributed by atoms with Gasteiger partial charge in [-0.05, 0) is 49.2 Å². The topological polar surface area (TPSA) is 84.7 Å². The fourth-order valence-electron chi connectivity index (χ4n) is 3.72. The summed E-state index contributed by atoms with van der Waals surface area (Å²) in [5.74, 6) is -0.143. The van der Waals surface area contributed by atoms with Crippen molar-refractivity contribution in [1.29, 1.82) is 0 Å². The normalized spacial score (nSPS) is 17.2. The molecule has 31 heavy (non-hydrogen) atoms. The van der Waals surface area contributed by atoms with Gasteiger partial charge in [0.1, 0.15) is 11.4 Å². The van der Waals surface area contributed by atoms with Crippen LogP contribution in [0.1, 0.15) is 36.4 Å². The minimum atomic E-state index is -4.41. The number of methoxy groups -OCH3 is 1. The predicted molar refractivity (Wildman–Crippen MR) is 108 cm³/mol. The summed E-state index contributed by atoms with van der Waals surface area (Å²) in [7, 11) is 1.38. The quantitative estimate of drug-likeness (QED) is 0.519. The van der Waals surface area contributed by atoms with Gasteiger partial charge in [-0.15, -0.1) is 0 Å². The molecule has 0 aromatic heterocycles. The van der Waals surface area contributed by atoms with E-state index in [1.54, 1.807) is 0 Å². The molecule has 0 spiro atoms. The van der Waals surface area contributed by atoms with Gasteiger partial charge in [0, 0.05) is 6.04 Å². The van der Waals surface area contributed by atoms with Crippen LogP contribution >= 0.6 is 0 Å². The van der Waals surface area contributed by atoms with Crippen molar-refractivity contribution < 1.29 is 27.6 Å². The third-order valence-electron chi connectivity index (χ3n) is 5.26. The fraction of sp³-hybridized carbons (Fsp3) is 0.381. The summed E-state index contributed by atoms with van der Waals surface area (Å²) in [5.41, 5.74) is -0.247. The van der Waals surface area contributed by atoms with Crippen LogP contribution in [-0.4, -0.2) is 35.9 Å². The molecule has 1 aliphatic rings. The smallest absolute Gasteiger partial charge is 0.416 e. The zero-order valence-electron chi connectivity index (χ0n) is 16.8. The van der Waals surface area contributed by atoms with Crippen LogP contribution in [0.3, 0.4) is 0 Å². The van der Waals surface area contributed by atoms with Gasteiger partial charge in [0.2, 0.25) is 5.91 Å². The van der Waals surface area contributed by atoms with Crippen LogP contribution in [0.25, 0.3) is 0 Å². The molecule has 1 aliphatic heterocycles. The number of ether oxygens (including phenoxy) is 1. The van der Waals surface area contributed by atoms with Gasteiger partial charge in [-0.2, -0.15) is 13.2 Å². The minimum absolute atomic E-state index is 0.0329. The van der Waals surface area contributed by atoms with Crippen LogP contribution in [0.5, 0.6) is 5.75 Å². The maximum Gasteiger partial charge on any atom is 0.416 e. The number of nitrogens with one attached hydrogen (secondary N) is 1. The highest BCUT2D eigenvalue weighted by Crippen LogP contribution is 2.34. The molecule has 1 atom stereocenters. The Morgan fingerprint density at radius 3 is 2.55 bits per heavy atom. The Balaban J connectivity index is 1.73. The molecule has 1 unspecified atom stereocenters. The van der Waals surface area contributed by atoms with Gasteiger partial charge >= 0.3 is 6.18 Å². The number of alkyl halides is 3. The van der Waals surface area contributed by atoms with Crippen LogP contribution < -0.4 is 10.1 Å². The Morgan fingerprint density at radius 2 is 1.94 bits per heavy atom. The van der Waals surface area contributed by atoms with E-state index < -0.39 is 22.6 Å². The highest BCUT2D eigenvalue weighted by Gasteiger charge is 2.31. The van der Waals surface area contributed by atoms with E-state index in [0.29, 0.717) is 24.3 Å². The van der Waals surface area contributed by atoms with Gasteiger partial charge in [-0.1, -0.05) is 18.6 Å². The van der Waals surface area contributed by atoms with Crippen molar-refractivity contribution in [3.63, 3.8) is 0 Å². The van der Waals surface area contributed by atoms with E-state index in [1.165, 1.54) is 37.4 Å². The van der Waals surface area contributed by atoms with E-state index in [4.69, 9.17) is 4.74 Å². The number of carbonyl (C=O) groups excluding carboxylic acids is 1. The summed E-state index contributed by atoms with van der Waals surface area (Å²) >= 11 is 0. The van der Waals surface area contributed by atoms with Crippen molar-refractivity contribution in [1.82, 2.24) is 4.90 Å². The summed E-state index contributed by atoms with van der Waals surface area (Å²) in [6.45, 7) is 0.568. The number of hydrogen-bond acceptors (Lipinski definition) is 5. The molecule has 2 aromatic carbocycles. The standard InChI is InChI=1S/C21H22F3N3O4/c1-31-16-9-10-17(19(12-16)27(29)30)25-20(28)13-26-11-3-2-4-18(26)14-5-7-15(8-6-14)21(22,23)24/h5-10,12,18H,2-4,11,13H2,1H3,(H,25,28). The Labute approximate surface area is 177 Å². The van der Waals surface area contributed by atoms with Crippen molar-refractivity contribution in [3.05, 3.63) is 63.7 Å². The Morgan fingerprint density at radius 1 is 1.23 bits per heavy atom. The third-order valence-corrected chi connectivity index (χ3v) is 5.26. The SMILES string of the molecule is COc1ccc(NC(=O)CN2CCCCC2c2ccc(C(F)(F)F)cc2)c([N+](=O)[O-])c1. The van der Waals surface area contributed by atoms with Crippen LogP contribution in [0, 0.1) is 10.1 Å². The number of amides is 1. The third kappa shape index (κ3) is 5.52. The molecule has 10 heteroatoms. The first-order valence-electron chi connectivity index (χ1n) is 9.72. The van der Waals surface area contributed by atoms with E-state index in [9.17, 15) is 28.1 Å². The summed E-state index contributed by atoms with van der Waals surface area (Å²) in [6.07, 6.45) is -1.94. The van der Waals surface area contributed by atoms with Crippen molar-refractivity contribution >= 4 is 17.3 Å². The van der Waals surface area contributed by atoms with Gasteiger partial charge in [0.05, 0.1) is 30.2 Å². The summed E-state index contributed by atoms with van der Waals surface area (Å²) < 4.78 is 43.5. The molecule has 1 amide bonds. The molecule has 0 saturated carbocycles. The first-order chi connectivity index (χ1) is 14.7. The molecular weight excluding hydrogens is 415 g/mol. The summed E-state index contributed by atoms with van der Waals surface area (Å²) in [6, 6.07) is 8.91. The van der Waals surface area contributed by atoms with Crippen molar-refractivity contribution in [2.45, 2.75) is 31.5 Å². The Kier molecular flexibility index (Phi) is 6.79. The van der Waals surface area contributed by atoms with Gasteiger partial charge in [-0.25, -0.2) is 0 Å². The predicted octanol–water partition coefficient (Wildman–Crippen LogP) is 4.79. The maximum absolute atomic E-state index is 12.8. The molecule has 1 N–H and O–H groups in total. The summed E-state index contributed by atoms with van der Waals surface area (Å²) in [4.78, 5) is 25.2. The molecule has 0 radical (unpaired) electrons. The number of likely N-dealkylation sites (tertiary alicyclic amines) is 1. The molecule has 166 valence electrons. The number of piperidine rings is 1. The fourth-order valence-corrected chi connectivity index (χ4v) is 3.72. The first-order valence-corrected chi connectivity index (χ1v) is 9.72. The van der Waals surface area contributed by atoms with Crippen LogP contribution in [0.15, 0.2) is 42.5 Å². The van der Waals surface area contributed by atoms with E-state index in [0.717, 1.165) is 25.0 Å². The molecule has 7 nitrogen and oxygen atoms in total. The lowest BCUT2D eigenvalue weighted by atomic mass is 9.94. The number of anilines is 1. The molecule has 1 fully saturated rings. The van der Waals surface area contributed by atoms with E-state index in [2.05, 4.69) is 5.32 Å². The molecule has 1 heterocycles. The van der Waals surface area contributed by atoms with Crippen molar-refractivity contribution in [3.8, 4) is 5.75 Å². The monoisotopic (exact) mass is 437 g/mol. The number of nitro groups is 1. The second-order valence-corrected chi connectivity index (χ2v) is 7.29. The molecule has 1 saturated heterocycles. The van der Waals surface area contributed by atoms with Gasteiger partial charge in [0.15, 0.2) is 0 Å². The van der Waals surface area contributed by atoms with Crippen LogP contribution in [0.4, 0.5) is 24.5 Å². The Hall–Kier alpha value is -3.14.